The first-order valence-electron chi connectivity index (χ1n) is 15.0. The molecule has 252 valence electrons. The lowest BCUT2D eigenvalue weighted by Gasteiger charge is -2.40. The predicted octanol–water partition coefficient (Wildman–Crippen LogP) is 3.72. The number of rotatable bonds is 13. The second-order valence-corrected chi connectivity index (χ2v) is 15.1. The highest BCUT2D eigenvalue weighted by Crippen LogP contribution is 2.29. The number of benzene rings is 2. The largest absolute Gasteiger partial charge is 0.478 e. The van der Waals surface area contributed by atoms with E-state index in [-0.39, 0.29) is 33.8 Å². The lowest BCUT2D eigenvalue weighted by molar-refractivity contribution is -0.140. The zero-order valence-electron chi connectivity index (χ0n) is 28.3. The molecule has 4 N–H and O–H groups in total. The number of carboxylic acids is 1. The van der Waals surface area contributed by atoms with Crippen LogP contribution in [0.25, 0.3) is 0 Å². The number of sulfonamides is 1. The average molecular weight is 657 g/mol. The van der Waals surface area contributed by atoms with Gasteiger partial charge in [-0.25, -0.2) is 17.9 Å². The number of hydrogen-bond acceptors (Lipinski definition) is 7. The van der Waals surface area contributed by atoms with Gasteiger partial charge >= 0.3 is 5.97 Å². The van der Waals surface area contributed by atoms with Crippen LogP contribution in [0, 0.1) is 11.3 Å². The van der Waals surface area contributed by atoms with Crippen LogP contribution in [-0.2, 0) is 29.8 Å². The van der Waals surface area contributed by atoms with E-state index in [1.165, 1.54) is 17.9 Å². The number of carboxylic acid groups (broad SMARTS) is 1. The first-order chi connectivity index (χ1) is 21.1. The Morgan fingerprint density at radius 3 is 1.89 bits per heavy atom. The third-order valence-corrected chi connectivity index (χ3v) is 9.43. The van der Waals surface area contributed by atoms with Crippen LogP contribution in [0.5, 0.6) is 0 Å². The van der Waals surface area contributed by atoms with E-state index in [0.29, 0.717) is 0 Å². The standard InChI is InChI=1S/C34H48N4O7S/c1-21(2)26(20-22(3)29(39)37-46(44,45)25-18-16-23(17-19-25)32(42)43)38(10)31(41)28(33(4,5)6)36-30(40)27(35-9)34(7,8)24-14-12-11-13-15-24/h11-21,26-28,35H,1-10H3,(H,36,40)(H,37,39)(H,42,43). The topological polar surface area (TPSA) is 162 Å². The molecule has 3 atom stereocenters. The summed E-state index contributed by atoms with van der Waals surface area (Å²) in [6, 6.07) is 11.9. The summed E-state index contributed by atoms with van der Waals surface area (Å²) in [7, 11) is -1.01. The highest BCUT2D eigenvalue weighted by molar-refractivity contribution is 7.90. The minimum Gasteiger partial charge on any atom is -0.478 e. The number of nitrogens with zero attached hydrogens (tertiary/aromatic N) is 1. The maximum absolute atomic E-state index is 14.1. The zero-order valence-corrected chi connectivity index (χ0v) is 29.2. The number of amides is 3. The molecule has 0 aliphatic carbocycles. The van der Waals surface area contributed by atoms with Crippen LogP contribution in [0.1, 0.15) is 71.3 Å². The van der Waals surface area contributed by atoms with Crippen molar-refractivity contribution >= 4 is 33.7 Å². The first-order valence-corrected chi connectivity index (χ1v) is 16.5. The van der Waals surface area contributed by atoms with Gasteiger partial charge in [0.1, 0.15) is 6.04 Å². The summed E-state index contributed by atoms with van der Waals surface area (Å²) < 4.78 is 27.6. The minimum absolute atomic E-state index is 0.0558. The predicted molar refractivity (Wildman–Crippen MR) is 178 cm³/mol. The van der Waals surface area contributed by atoms with E-state index in [1.54, 1.807) is 14.1 Å². The minimum atomic E-state index is -4.30. The molecule has 0 saturated carbocycles. The monoisotopic (exact) mass is 656 g/mol. The van der Waals surface area contributed by atoms with Gasteiger partial charge < -0.3 is 20.6 Å². The average Bonchev–Trinajstić information content (AvgIpc) is 2.97. The fourth-order valence-corrected chi connectivity index (χ4v) is 6.22. The molecule has 0 aromatic heterocycles. The van der Waals surface area contributed by atoms with Crippen LogP contribution in [0.4, 0.5) is 0 Å². The van der Waals surface area contributed by atoms with Crippen LogP contribution in [0.3, 0.4) is 0 Å². The molecule has 0 bridgehead atoms. The Bertz CT molecular complexity index is 1540. The Morgan fingerprint density at radius 1 is 0.891 bits per heavy atom. The molecule has 2 rings (SSSR count). The summed E-state index contributed by atoms with van der Waals surface area (Å²) in [4.78, 5) is 53.1. The van der Waals surface area contributed by atoms with E-state index < -0.39 is 50.9 Å². The molecule has 2 aromatic carbocycles. The molecule has 0 saturated heterocycles. The normalized spacial score (nSPS) is 14.6. The van der Waals surface area contributed by atoms with Crippen molar-refractivity contribution in [2.45, 2.75) is 83.8 Å². The fourth-order valence-electron chi connectivity index (χ4n) is 5.20. The van der Waals surface area contributed by atoms with Crippen molar-refractivity contribution in [1.82, 2.24) is 20.3 Å². The van der Waals surface area contributed by atoms with Crippen LogP contribution >= 0.6 is 0 Å². The van der Waals surface area contributed by atoms with E-state index in [9.17, 15) is 27.6 Å². The van der Waals surface area contributed by atoms with Crippen molar-refractivity contribution in [3.05, 3.63) is 77.4 Å². The molecular weight excluding hydrogens is 608 g/mol. The van der Waals surface area contributed by atoms with Crippen molar-refractivity contribution < 1.29 is 32.7 Å². The van der Waals surface area contributed by atoms with Crippen molar-refractivity contribution in [2.24, 2.45) is 11.3 Å². The molecular formula is C34H48N4O7S. The molecule has 0 heterocycles. The van der Waals surface area contributed by atoms with Gasteiger partial charge in [-0.3, -0.25) is 14.4 Å². The molecule has 0 aliphatic rings. The highest BCUT2D eigenvalue weighted by Gasteiger charge is 2.41. The maximum atomic E-state index is 14.1. The molecule has 11 nitrogen and oxygen atoms in total. The molecule has 0 fully saturated rings. The van der Waals surface area contributed by atoms with Gasteiger partial charge in [-0.1, -0.05) is 84.9 Å². The Morgan fingerprint density at radius 2 is 1.43 bits per heavy atom. The molecule has 2 aromatic rings. The maximum Gasteiger partial charge on any atom is 0.335 e. The molecule has 3 unspecified atom stereocenters. The van der Waals surface area contributed by atoms with E-state index >= 15 is 0 Å². The molecule has 0 radical (unpaired) electrons. The van der Waals surface area contributed by atoms with Gasteiger partial charge in [-0.05, 0) is 55.1 Å². The Kier molecular flexibility index (Phi) is 12.5. The number of carbonyl (C=O) groups is 4. The number of aromatic carboxylic acids is 1. The first kappa shape index (κ1) is 38.2. The Labute approximate surface area is 272 Å². The summed E-state index contributed by atoms with van der Waals surface area (Å²) in [6.07, 6.45) is 1.53. The van der Waals surface area contributed by atoms with Crippen molar-refractivity contribution in [1.29, 1.82) is 0 Å². The van der Waals surface area contributed by atoms with E-state index in [1.807, 2.05) is 83.5 Å². The quantitative estimate of drug-likeness (QED) is 0.237. The lowest BCUT2D eigenvalue weighted by Crippen LogP contribution is -2.61. The van der Waals surface area contributed by atoms with Gasteiger partial charge in [0, 0.05) is 18.0 Å². The van der Waals surface area contributed by atoms with Crippen LogP contribution in [0.15, 0.2) is 71.1 Å². The van der Waals surface area contributed by atoms with Gasteiger partial charge in [0.05, 0.1) is 22.5 Å². The van der Waals surface area contributed by atoms with Gasteiger partial charge in [0.2, 0.25) is 11.8 Å². The van der Waals surface area contributed by atoms with Gasteiger partial charge in [0.25, 0.3) is 15.9 Å². The molecule has 0 aliphatic heterocycles. The van der Waals surface area contributed by atoms with Gasteiger partial charge in [-0.15, -0.1) is 0 Å². The van der Waals surface area contributed by atoms with E-state index in [2.05, 4.69) is 10.6 Å². The Balaban J connectivity index is 2.32. The summed E-state index contributed by atoms with van der Waals surface area (Å²) in [5, 5.41) is 15.2. The molecule has 12 heteroatoms. The number of carbonyl (C=O) groups excluding carboxylic acids is 3. The van der Waals surface area contributed by atoms with Crippen molar-refractivity contribution in [3.63, 3.8) is 0 Å². The summed E-state index contributed by atoms with van der Waals surface area (Å²) >= 11 is 0. The summed E-state index contributed by atoms with van der Waals surface area (Å²) in [6.45, 7) is 14.7. The molecule has 46 heavy (non-hydrogen) atoms. The number of likely N-dealkylation sites (N-methyl/N-ethyl adjacent to an activating group) is 2. The third kappa shape index (κ3) is 9.26. The molecule has 3 amide bonds. The highest BCUT2D eigenvalue weighted by atomic mass is 32.2. The summed E-state index contributed by atoms with van der Waals surface area (Å²) in [5.74, 6) is -3.00. The van der Waals surface area contributed by atoms with Crippen LogP contribution < -0.4 is 15.4 Å². The van der Waals surface area contributed by atoms with Crippen molar-refractivity contribution in [2.75, 3.05) is 14.1 Å². The smallest absolute Gasteiger partial charge is 0.335 e. The van der Waals surface area contributed by atoms with Gasteiger partial charge in [-0.2, -0.15) is 0 Å². The second kappa shape index (κ2) is 15.0. The van der Waals surface area contributed by atoms with Crippen LogP contribution in [0.2, 0.25) is 0 Å². The summed E-state index contributed by atoms with van der Waals surface area (Å²) in [5.41, 5.74) is -0.374. The SMILES string of the molecule is CNC(C(=O)NC(C(=O)N(C)C(C=C(C)C(=O)NS(=O)(=O)c1ccc(C(=O)O)cc1)C(C)C)C(C)(C)C)C(C)(C)c1ccccc1. The number of hydrogen-bond donors (Lipinski definition) is 4. The molecule has 0 spiro atoms. The van der Waals surface area contributed by atoms with Crippen molar-refractivity contribution in [3.8, 4) is 0 Å². The van der Waals surface area contributed by atoms with Crippen LogP contribution in [-0.4, -0.2) is 74.3 Å². The van der Waals surface area contributed by atoms with E-state index in [0.717, 1.165) is 29.8 Å². The third-order valence-electron chi connectivity index (χ3n) is 8.09. The van der Waals surface area contributed by atoms with Gasteiger partial charge in [0.15, 0.2) is 0 Å². The second-order valence-electron chi connectivity index (χ2n) is 13.4. The number of nitrogens with one attached hydrogen (secondary N) is 3. The fraction of sp³-hybridized carbons (Fsp3) is 0.471. The Hall–Kier alpha value is -4.03. The lowest BCUT2D eigenvalue weighted by atomic mass is 9.76. The zero-order chi connectivity index (χ0) is 35.2. The van der Waals surface area contributed by atoms with E-state index in [4.69, 9.17) is 5.11 Å².